The van der Waals surface area contributed by atoms with Crippen LogP contribution in [0.2, 0.25) is 0 Å². The van der Waals surface area contributed by atoms with E-state index < -0.39 is 35.7 Å². The van der Waals surface area contributed by atoms with Crippen LogP contribution in [-0.2, 0) is 19.1 Å². The van der Waals surface area contributed by atoms with Crippen LogP contribution >= 0.6 is 11.8 Å². The molecule has 2 amide bonds. The van der Waals surface area contributed by atoms with Crippen molar-refractivity contribution in [2.75, 3.05) is 23.8 Å². The number of ether oxygens (including phenoxy) is 1. The third kappa shape index (κ3) is 4.61. The molecular formula is C20H21FN2O5S. The summed E-state index contributed by atoms with van der Waals surface area (Å²) >= 11 is 1.40. The Bertz CT molecular complexity index is 872. The van der Waals surface area contributed by atoms with Gasteiger partial charge in [-0.2, -0.15) is 0 Å². The van der Waals surface area contributed by atoms with Gasteiger partial charge in [0.05, 0.1) is 6.26 Å². The molecule has 0 aliphatic carbocycles. The maximum atomic E-state index is 13.1. The second-order valence-electron chi connectivity index (χ2n) is 6.37. The Morgan fingerprint density at radius 2 is 2.00 bits per heavy atom. The number of carbonyl (C=O) groups excluding carboxylic acids is 3. The number of amides is 2. The van der Waals surface area contributed by atoms with Crippen LogP contribution in [0.25, 0.3) is 0 Å². The molecule has 0 unspecified atom stereocenters. The zero-order chi connectivity index (χ0) is 21.0. The summed E-state index contributed by atoms with van der Waals surface area (Å²) in [5.74, 6) is -0.859. The maximum absolute atomic E-state index is 13.1. The van der Waals surface area contributed by atoms with Gasteiger partial charge in [-0.15, -0.1) is 11.8 Å². The zero-order valence-corrected chi connectivity index (χ0v) is 16.9. The lowest BCUT2D eigenvalue weighted by molar-refractivity contribution is -0.155. The third-order valence-electron chi connectivity index (χ3n) is 4.52. The van der Waals surface area contributed by atoms with E-state index in [2.05, 4.69) is 0 Å². The molecule has 2 aromatic rings. The Labute approximate surface area is 171 Å². The number of rotatable bonds is 6. The molecule has 1 aliphatic heterocycles. The number of carbonyl (C=O) groups is 3. The highest BCUT2D eigenvalue weighted by molar-refractivity contribution is 7.99. The first-order chi connectivity index (χ1) is 13.9. The fraction of sp³-hybridized carbons (Fsp3) is 0.350. The molecule has 0 saturated carbocycles. The van der Waals surface area contributed by atoms with Crippen LogP contribution in [0.1, 0.15) is 25.0 Å². The number of esters is 1. The van der Waals surface area contributed by atoms with Gasteiger partial charge in [0.15, 0.2) is 6.61 Å². The van der Waals surface area contributed by atoms with E-state index >= 15 is 0 Å². The first kappa shape index (κ1) is 20.9. The van der Waals surface area contributed by atoms with Crippen molar-refractivity contribution in [2.24, 2.45) is 0 Å². The van der Waals surface area contributed by atoms with Crippen molar-refractivity contribution in [3.8, 4) is 0 Å². The Kier molecular flexibility index (Phi) is 6.58. The molecule has 1 aromatic carbocycles. The van der Waals surface area contributed by atoms with E-state index in [4.69, 9.17) is 9.15 Å². The first-order valence-electron chi connectivity index (χ1n) is 9.08. The number of anilines is 1. The molecule has 0 radical (unpaired) electrons. The average Bonchev–Trinajstić information content (AvgIpc) is 3.37. The lowest BCUT2D eigenvalue weighted by Crippen LogP contribution is -2.44. The topological polar surface area (TPSA) is 80.1 Å². The number of halogens is 1. The average molecular weight is 420 g/mol. The van der Waals surface area contributed by atoms with E-state index in [1.165, 1.54) is 59.0 Å². The summed E-state index contributed by atoms with van der Waals surface area (Å²) in [4.78, 5) is 40.0. The largest absolute Gasteiger partial charge is 0.466 e. The van der Waals surface area contributed by atoms with Gasteiger partial charge >= 0.3 is 5.97 Å². The molecule has 0 N–H and O–H groups in total. The summed E-state index contributed by atoms with van der Waals surface area (Å²) in [6.45, 7) is 3.01. The molecule has 154 valence electrons. The lowest BCUT2D eigenvalue weighted by atomic mass is 10.2. The van der Waals surface area contributed by atoms with Gasteiger partial charge in [0.25, 0.3) is 5.91 Å². The van der Waals surface area contributed by atoms with Gasteiger partial charge in [0.2, 0.25) is 5.91 Å². The Morgan fingerprint density at radius 1 is 1.28 bits per heavy atom. The summed E-state index contributed by atoms with van der Waals surface area (Å²) in [5, 5.41) is -0.415. The molecule has 0 spiro atoms. The van der Waals surface area contributed by atoms with Crippen LogP contribution in [0, 0.1) is 5.82 Å². The molecule has 29 heavy (non-hydrogen) atoms. The summed E-state index contributed by atoms with van der Waals surface area (Å²) in [5.41, 5.74) is 0.509. The number of hydrogen-bond acceptors (Lipinski definition) is 6. The van der Waals surface area contributed by atoms with E-state index in [-0.39, 0.29) is 5.91 Å². The van der Waals surface area contributed by atoms with E-state index in [1.807, 2.05) is 0 Å². The molecule has 1 fully saturated rings. The SMILES string of the molecule is CCN(C(=O)COC(=O)[C@@H]1CS[C@H](c2ccco2)N1C(C)=O)c1ccc(F)cc1. The van der Waals surface area contributed by atoms with E-state index in [1.54, 1.807) is 19.1 Å². The van der Waals surface area contributed by atoms with E-state index in [9.17, 15) is 18.8 Å². The molecule has 9 heteroatoms. The summed E-state index contributed by atoms with van der Waals surface area (Å²) in [6.07, 6.45) is 1.51. The van der Waals surface area contributed by atoms with Crippen molar-refractivity contribution in [3.05, 3.63) is 54.2 Å². The first-order valence-corrected chi connectivity index (χ1v) is 10.1. The number of benzene rings is 1. The minimum Gasteiger partial charge on any atom is -0.466 e. The molecule has 1 aliphatic rings. The molecule has 1 saturated heterocycles. The van der Waals surface area contributed by atoms with Crippen LogP contribution < -0.4 is 4.90 Å². The van der Waals surface area contributed by atoms with Crippen molar-refractivity contribution in [1.82, 2.24) is 4.90 Å². The van der Waals surface area contributed by atoms with Crippen LogP contribution in [0.15, 0.2) is 47.1 Å². The zero-order valence-electron chi connectivity index (χ0n) is 16.0. The minimum atomic E-state index is -0.804. The van der Waals surface area contributed by atoms with Gasteiger partial charge in [-0.05, 0) is 43.3 Å². The van der Waals surface area contributed by atoms with Gasteiger partial charge in [-0.25, -0.2) is 9.18 Å². The highest BCUT2D eigenvalue weighted by Crippen LogP contribution is 2.41. The number of thioether (sulfide) groups is 1. The van der Waals surface area contributed by atoms with Crippen molar-refractivity contribution in [3.63, 3.8) is 0 Å². The molecule has 3 rings (SSSR count). The van der Waals surface area contributed by atoms with Crippen LogP contribution in [0.5, 0.6) is 0 Å². The fourth-order valence-corrected chi connectivity index (χ4v) is 4.57. The fourth-order valence-electron chi connectivity index (χ4n) is 3.15. The van der Waals surface area contributed by atoms with Crippen molar-refractivity contribution >= 4 is 35.2 Å². The molecule has 1 aromatic heterocycles. The Morgan fingerprint density at radius 3 is 2.59 bits per heavy atom. The lowest BCUT2D eigenvalue weighted by Gasteiger charge is -2.26. The van der Waals surface area contributed by atoms with Crippen molar-refractivity contribution < 1.29 is 27.9 Å². The van der Waals surface area contributed by atoms with Crippen LogP contribution in [0.3, 0.4) is 0 Å². The smallest absolute Gasteiger partial charge is 0.330 e. The molecule has 2 atom stereocenters. The Hall–Kier alpha value is -2.81. The quantitative estimate of drug-likeness (QED) is 0.669. The third-order valence-corrected chi connectivity index (χ3v) is 5.80. The van der Waals surface area contributed by atoms with E-state index in [0.717, 1.165) is 0 Å². The highest BCUT2D eigenvalue weighted by Gasteiger charge is 2.43. The molecular weight excluding hydrogens is 399 g/mol. The molecule has 0 bridgehead atoms. The molecule has 2 heterocycles. The summed E-state index contributed by atoms with van der Waals surface area (Å²) in [6, 6.07) is 8.13. The van der Waals surface area contributed by atoms with Crippen molar-refractivity contribution in [1.29, 1.82) is 0 Å². The monoisotopic (exact) mass is 420 g/mol. The Balaban J connectivity index is 1.64. The normalized spacial score (nSPS) is 18.5. The van der Waals surface area contributed by atoms with Crippen LogP contribution in [0.4, 0.5) is 10.1 Å². The van der Waals surface area contributed by atoms with Crippen LogP contribution in [-0.4, -0.2) is 47.6 Å². The molecule has 7 nitrogen and oxygen atoms in total. The number of likely N-dealkylation sites (N-methyl/N-ethyl adjacent to an activating group) is 1. The number of nitrogens with zero attached hydrogens (tertiary/aromatic N) is 2. The second-order valence-corrected chi connectivity index (χ2v) is 7.48. The summed E-state index contributed by atoms with van der Waals surface area (Å²) in [7, 11) is 0. The van der Waals surface area contributed by atoms with Gasteiger partial charge < -0.3 is 19.0 Å². The number of hydrogen-bond donors (Lipinski definition) is 0. The number of furan rings is 1. The summed E-state index contributed by atoms with van der Waals surface area (Å²) < 4.78 is 23.7. The van der Waals surface area contributed by atoms with Gasteiger partial charge in [-0.3, -0.25) is 9.59 Å². The standard InChI is InChI=1S/C20H21FN2O5S/c1-3-22(15-8-6-14(21)7-9-15)18(25)11-28-20(26)16-12-29-19(23(16)13(2)24)17-5-4-10-27-17/h4-10,16,19H,3,11-12H2,1-2H3/t16-,19+/m0/s1. The predicted octanol–water partition coefficient (Wildman–Crippen LogP) is 2.98. The van der Waals surface area contributed by atoms with Gasteiger partial charge in [0, 0.05) is 24.9 Å². The van der Waals surface area contributed by atoms with Gasteiger partial charge in [-0.1, -0.05) is 0 Å². The maximum Gasteiger partial charge on any atom is 0.330 e. The van der Waals surface area contributed by atoms with E-state index in [0.29, 0.717) is 23.7 Å². The van der Waals surface area contributed by atoms with Crippen molar-refractivity contribution in [2.45, 2.75) is 25.3 Å². The highest BCUT2D eigenvalue weighted by atomic mass is 32.2. The predicted molar refractivity (Wildman–Crippen MR) is 106 cm³/mol. The van der Waals surface area contributed by atoms with Gasteiger partial charge in [0.1, 0.15) is 23.0 Å². The second kappa shape index (κ2) is 9.13. The minimum absolute atomic E-state index is 0.286.